The maximum absolute atomic E-state index is 11.5. The van der Waals surface area contributed by atoms with Gasteiger partial charge in [0.1, 0.15) is 42.7 Å². The van der Waals surface area contributed by atoms with E-state index in [0.29, 0.717) is 13.0 Å². The van der Waals surface area contributed by atoms with Gasteiger partial charge in [0.25, 0.3) is 0 Å². The molecule has 11 heteroatoms. The van der Waals surface area contributed by atoms with Crippen molar-refractivity contribution >= 4 is 5.91 Å². The normalized spacial score (nSPS) is 44.3. The maximum Gasteiger partial charge on any atom is 0.217 e. The van der Waals surface area contributed by atoms with Crippen molar-refractivity contribution in [2.24, 2.45) is 0 Å². The van der Waals surface area contributed by atoms with Gasteiger partial charge in [0.05, 0.1) is 12.7 Å². The zero-order chi connectivity index (χ0) is 21.0. The van der Waals surface area contributed by atoms with Crippen molar-refractivity contribution in [1.82, 2.24) is 5.32 Å². The zero-order valence-electron chi connectivity index (χ0n) is 16.2. The molecule has 0 aromatic rings. The molecule has 2 heterocycles. The number of aliphatic hydroxyl groups is 5. The van der Waals surface area contributed by atoms with Gasteiger partial charge < -0.3 is 49.8 Å². The lowest BCUT2D eigenvalue weighted by molar-refractivity contribution is -0.342. The van der Waals surface area contributed by atoms with E-state index < -0.39 is 73.9 Å². The first-order chi connectivity index (χ1) is 13.2. The second-order valence-electron chi connectivity index (χ2n) is 7.10. The van der Waals surface area contributed by atoms with E-state index in [1.165, 1.54) is 6.92 Å². The van der Waals surface area contributed by atoms with E-state index in [4.69, 9.17) is 18.9 Å². The minimum Gasteiger partial charge on any atom is -0.394 e. The van der Waals surface area contributed by atoms with Gasteiger partial charge in [-0.25, -0.2) is 0 Å². The largest absolute Gasteiger partial charge is 0.394 e. The predicted octanol–water partition coefficient (Wildman–Crippen LogP) is -2.79. The van der Waals surface area contributed by atoms with E-state index in [9.17, 15) is 30.3 Å². The van der Waals surface area contributed by atoms with Crippen molar-refractivity contribution in [2.45, 2.75) is 88.5 Å². The number of ether oxygens (including phenoxy) is 4. The number of carbonyl (C=O) groups excluding carboxylic acids is 1. The van der Waals surface area contributed by atoms with Crippen LogP contribution in [-0.2, 0) is 23.7 Å². The molecule has 28 heavy (non-hydrogen) atoms. The van der Waals surface area contributed by atoms with Gasteiger partial charge in [-0.15, -0.1) is 0 Å². The molecule has 10 atom stereocenters. The first-order valence-electron chi connectivity index (χ1n) is 9.39. The van der Waals surface area contributed by atoms with Crippen LogP contribution < -0.4 is 5.32 Å². The number of rotatable bonds is 7. The molecule has 11 nitrogen and oxygen atoms in total. The Bertz CT molecular complexity index is 508. The van der Waals surface area contributed by atoms with Crippen LogP contribution in [-0.4, -0.2) is 106 Å². The van der Waals surface area contributed by atoms with Crippen molar-refractivity contribution in [3.05, 3.63) is 0 Å². The fourth-order valence-corrected chi connectivity index (χ4v) is 3.31. The highest BCUT2D eigenvalue weighted by Crippen LogP contribution is 2.29. The van der Waals surface area contributed by atoms with Crippen LogP contribution in [0.25, 0.3) is 0 Å². The van der Waals surface area contributed by atoms with Crippen molar-refractivity contribution in [3.8, 4) is 0 Å². The Labute approximate surface area is 163 Å². The van der Waals surface area contributed by atoms with Crippen LogP contribution in [0.4, 0.5) is 0 Å². The molecule has 0 bridgehead atoms. The molecule has 0 aromatic carbocycles. The fraction of sp³-hybridized carbons (Fsp3) is 0.941. The summed E-state index contributed by atoms with van der Waals surface area (Å²) in [7, 11) is 0. The Morgan fingerprint density at radius 2 is 1.71 bits per heavy atom. The van der Waals surface area contributed by atoms with Crippen LogP contribution in [0.1, 0.15) is 27.2 Å². The molecule has 2 aliphatic rings. The third kappa shape index (κ3) is 5.17. The lowest BCUT2D eigenvalue weighted by Gasteiger charge is -2.46. The molecule has 6 N–H and O–H groups in total. The second-order valence-corrected chi connectivity index (χ2v) is 7.10. The smallest absolute Gasteiger partial charge is 0.217 e. The van der Waals surface area contributed by atoms with Gasteiger partial charge in [-0.3, -0.25) is 4.79 Å². The van der Waals surface area contributed by atoms with E-state index in [1.54, 1.807) is 6.92 Å². The number of hydrogen-bond acceptors (Lipinski definition) is 10. The van der Waals surface area contributed by atoms with Crippen LogP contribution >= 0.6 is 0 Å². The molecule has 164 valence electrons. The Morgan fingerprint density at radius 3 is 2.29 bits per heavy atom. The highest BCUT2D eigenvalue weighted by molar-refractivity contribution is 5.73. The van der Waals surface area contributed by atoms with Crippen LogP contribution in [0.5, 0.6) is 0 Å². The highest BCUT2D eigenvalue weighted by atomic mass is 16.7. The zero-order valence-corrected chi connectivity index (χ0v) is 16.2. The molecule has 0 spiro atoms. The summed E-state index contributed by atoms with van der Waals surface area (Å²) in [5, 5.41) is 52.9. The number of nitrogens with one attached hydrogen (secondary N) is 1. The van der Waals surface area contributed by atoms with Crippen molar-refractivity contribution in [1.29, 1.82) is 0 Å². The summed E-state index contributed by atoms with van der Waals surface area (Å²) >= 11 is 0. The van der Waals surface area contributed by atoms with Gasteiger partial charge >= 0.3 is 0 Å². The maximum atomic E-state index is 11.5. The molecule has 0 aliphatic carbocycles. The Balaban J connectivity index is 2.14. The van der Waals surface area contributed by atoms with E-state index in [-0.39, 0.29) is 0 Å². The number of aliphatic hydroxyl groups excluding tert-OH is 5. The number of carbonyl (C=O) groups is 1. The van der Waals surface area contributed by atoms with Gasteiger partial charge in [0, 0.05) is 13.5 Å². The summed E-state index contributed by atoms with van der Waals surface area (Å²) in [6.45, 7) is 4.45. The molecule has 1 amide bonds. The van der Waals surface area contributed by atoms with Crippen molar-refractivity contribution < 1.29 is 49.3 Å². The van der Waals surface area contributed by atoms with Crippen molar-refractivity contribution in [3.63, 3.8) is 0 Å². The summed E-state index contributed by atoms with van der Waals surface area (Å²) in [6, 6.07) is -1.17. The first kappa shape index (κ1) is 23.4. The van der Waals surface area contributed by atoms with Gasteiger partial charge in [0.15, 0.2) is 12.6 Å². The van der Waals surface area contributed by atoms with E-state index in [0.717, 1.165) is 0 Å². The standard InChI is InChI=1S/C17H31NO10/c1-4-5-25-17-14(24)13(23)15(7(2)26-17)28-16-10(18-8(3)20)12(22)11(21)9(6-19)27-16/h7,9-17,19,21-24H,4-6H2,1-3H3,(H,18,20)/t7-,9-,10-,11-,12-,13-,14-,15+,16-,17+/m1/s1. The highest BCUT2D eigenvalue weighted by Gasteiger charge is 2.50. The summed E-state index contributed by atoms with van der Waals surface area (Å²) in [4.78, 5) is 11.5. The topological polar surface area (TPSA) is 167 Å². The summed E-state index contributed by atoms with van der Waals surface area (Å²) in [5.41, 5.74) is 0. The van der Waals surface area contributed by atoms with Crippen molar-refractivity contribution in [2.75, 3.05) is 13.2 Å². The van der Waals surface area contributed by atoms with Gasteiger partial charge in [0.2, 0.25) is 5.91 Å². The fourth-order valence-electron chi connectivity index (χ4n) is 3.31. The van der Waals surface area contributed by atoms with Crippen LogP contribution in [0.3, 0.4) is 0 Å². The van der Waals surface area contributed by atoms with E-state index >= 15 is 0 Å². The molecule has 0 saturated carbocycles. The average molecular weight is 409 g/mol. The Hall–Kier alpha value is -0.890. The third-order valence-electron chi connectivity index (χ3n) is 4.81. The summed E-state index contributed by atoms with van der Waals surface area (Å²) in [5.74, 6) is -0.502. The molecule has 0 unspecified atom stereocenters. The predicted molar refractivity (Wildman–Crippen MR) is 92.8 cm³/mol. The molecule has 2 rings (SSSR count). The Kier molecular flexibility index (Phi) is 8.55. The molecule has 2 aliphatic heterocycles. The molecule has 0 radical (unpaired) electrons. The monoisotopic (exact) mass is 409 g/mol. The lowest BCUT2D eigenvalue weighted by atomic mass is 9.95. The quantitative estimate of drug-likeness (QED) is 0.259. The molecular formula is C17H31NO10. The summed E-state index contributed by atoms with van der Waals surface area (Å²) < 4.78 is 22.2. The lowest BCUT2D eigenvalue weighted by Crippen LogP contribution is -2.67. The van der Waals surface area contributed by atoms with Gasteiger partial charge in [-0.05, 0) is 13.3 Å². The van der Waals surface area contributed by atoms with Crippen LogP contribution in [0.2, 0.25) is 0 Å². The third-order valence-corrected chi connectivity index (χ3v) is 4.81. The SMILES string of the molecule is CCCO[C@H]1O[C@H](C)[C@H](O[C@H]2O[C@H](CO)[C@@H](O)[C@H](O)[C@H]2NC(C)=O)[C@H](O)[C@H]1O. The van der Waals surface area contributed by atoms with E-state index in [1.807, 2.05) is 6.92 Å². The molecule has 2 fully saturated rings. The van der Waals surface area contributed by atoms with E-state index in [2.05, 4.69) is 5.32 Å². The minimum absolute atomic E-state index is 0.339. The van der Waals surface area contributed by atoms with Gasteiger partial charge in [-0.1, -0.05) is 6.92 Å². The average Bonchev–Trinajstić information content (AvgIpc) is 2.65. The van der Waals surface area contributed by atoms with Crippen LogP contribution in [0, 0.1) is 0 Å². The molecule has 2 saturated heterocycles. The summed E-state index contributed by atoms with van der Waals surface area (Å²) in [6.07, 6.45) is -10.3. The molecular weight excluding hydrogens is 378 g/mol. The Morgan fingerprint density at radius 1 is 1.04 bits per heavy atom. The number of hydrogen-bond donors (Lipinski definition) is 6. The van der Waals surface area contributed by atoms with Crippen LogP contribution in [0.15, 0.2) is 0 Å². The second kappa shape index (κ2) is 10.2. The minimum atomic E-state index is -1.48. The first-order valence-corrected chi connectivity index (χ1v) is 9.39. The van der Waals surface area contributed by atoms with Gasteiger partial charge in [-0.2, -0.15) is 0 Å². The molecule has 0 aromatic heterocycles. The number of amides is 1.